The van der Waals surface area contributed by atoms with Crippen LogP contribution in [0, 0.1) is 0 Å². The van der Waals surface area contributed by atoms with Gasteiger partial charge < -0.3 is 10.1 Å². The molecule has 0 amide bonds. The fourth-order valence-corrected chi connectivity index (χ4v) is 4.02. The van der Waals surface area contributed by atoms with Gasteiger partial charge in [0.2, 0.25) is 0 Å². The van der Waals surface area contributed by atoms with Gasteiger partial charge in [-0.1, -0.05) is 19.1 Å². The summed E-state index contributed by atoms with van der Waals surface area (Å²) < 4.78 is 7.29. The van der Waals surface area contributed by atoms with Crippen molar-refractivity contribution in [3.63, 3.8) is 0 Å². The summed E-state index contributed by atoms with van der Waals surface area (Å²) in [4.78, 5) is 4.76. The minimum atomic E-state index is -0.0478. The average Bonchev–Trinajstić information content (AvgIpc) is 3.04. The lowest BCUT2D eigenvalue weighted by molar-refractivity contribution is -0.0110. The van der Waals surface area contributed by atoms with E-state index in [1.807, 2.05) is 0 Å². The number of hydrogen-bond donors (Lipinski definition) is 1. The van der Waals surface area contributed by atoms with E-state index in [0.29, 0.717) is 6.04 Å². The number of hydrogen-bond acceptors (Lipinski definition) is 4. The van der Waals surface area contributed by atoms with Gasteiger partial charge in [0.1, 0.15) is 0 Å². The molecule has 1 aromatic carbocycles. The van der Waals surface area contributed by atoms with Crippen molar-refractivity contribution in [2.24, 2.45) is 0 Å². The van der Waals surface area contributed by atoms with Gasteiger partial charge in [-0.2, -0.15) is 0 Å². The number of ether oxygens (including phenoxy) is 1. The third kappa shape index (κ3) is 2.73. The highest BCUT2D eigenvalue weighted by atomic mass is 32.1. The van der Waals surface area contributed by atoms with Crippen LogP contribution in [-0.4, -0.2) is 29.8 Å². The molecule has 1 fully saturated rings. The van der Waals surface area contributed by atoms with E-state index in [1.54, 1.807) is 11.3 Å². The van der Waals surface area contributed by atoms with E-state index in [9.17, 15) is 0 Å². The SMILES string of the molecule is CCNC(Cc1nc2ccccc2s1)C1(C)CCCO1. The number of fused-ring (bicyclic) bond motifs is 1. The third-order valence-electron chi connectivity index (χ3n) is 4.15. The fourth-order valence-electron chi connectivity index (χ4n) is 3.01. The molecular weight excluding hydrogens is 268 g/mol. The molecule has 108 valence electrons. The predicted octanol–water partition coefficient (Wildman–Crippen LogP) is 3.39. The number of aromatic nitrogens is 1. The number of thiazole rings is 1. The fraction of sp³-hybridized carbons (Fsp3) is 0.562. The summed E-state index contributed by atoms with van der Waals surface area (Å²) in [6.07, 6.45) is 3.25. The highest BCUT2D eigenvalue weighted by Gasteiger charge is 2.38. The lowest BCUT2D eigenvalue weighted by Gasteiger charge is -2.33. The molecule has 1 aliphatic rings. The van der Waals surface area contributed by atoms with Crippen LogP contribution in [0.2, 0.25) is 0 Å². The Kier molecular flexibility index (Phi) is 4.06. The van der Waals surface area contributed by atoms with Gasteiger partial charge >= 0.3 is 0 Å². The van der Waals surface area contributed by atoms with Crippen LogP contribution in [0.1, 0.15) is 31.7 Å². The second-order valence-electron chi connectivity index (χ2n) is 5.65. The molecular formula is C16H22N2OS. The van der Waals surface area contributed by atoms with E-state index < -0.39 is 0 Å². The van der Waals surface area contributed by atoms with Crippen molar-refractivity contribution in [3.05, 3.63) is 29.3 Å². The number of para-hydroxylation sites is 1. The smallest absolute Gasteiger partial charge is 0.0955 e. The van der Waals surface area contributed by atoms with Gasteiger partial charge in [-0.25, -0.2) is 4.98 Å². The van der Waals surface area contributed by atoms with Gasteiger partial charge in [0, 0.05) is 19.1 Å². The molecule has 4 heteroatoms. The van der Waals surface area contributed by atoms with Crippen molar-refractivity contribution in [3.8, 4) is 0 Å². The molecule has 1 aliphatic heterocycles. The molecule has 3 nitrogen and oxygen atoms in total. The molecule has 1 saturated heterocycles. The van der Waals surface area contributed by atoms with E-state index in [0.717, 1.165) is 37.9 Å². The Balaban J connectivity index is 1.82. The Morgan fingerprint density at radius 3 is 3.00 bits per heavy atom. The molecule has 2 aromatic rings. The molecule has 0 aliphatic carbocycles. The molecule has 2 unspecified atom stereocenters. The van der Waals surface area contributed by atoms with Gasteiger partial charge in [-0.3, -0.25) is 0 Å². The van der Waals surface area contributed by atoms with Crippen LogP contribution in [0.15, 0.2) is 24.3 Å². The maximum Gasteiger partial charge on any atom is 0.0955 e. The monoisotopic (exact) mass is 290 g/mol. The zero-order valence-corrected chi connectivity index (χ0v) is 13.0. The first-order valence-corrected chi connectivity index (χ1v) is 8.25. The van der Waals surface area contributed by atoms with Crippen molar-refractivity contribution in [1.29, 1.82) is 0 Å². The second-order valence-corrected chi connectivity index (χ2v) is 6.77. The van der Waals surface area contributed by atoms with Crippen LogP contribution in [-0.2, 0) is 11.2 Å². The maximum atomic E-state index is 6.02. The molecule has 20 heavy (non-hydrogen) atoms. The Morgan fingerprint density at radius 1 is 1.45 bits per heavy atom. The largest absolute Gasteiger partial charge is 0.374 e. The van der Waals surface area contributed by atoms with Crippen LogP contribution in [0.25, 0.3) is 10.2 Å². The van der Waals surface area contributed by atoms with Crippen LogP contribution < -0.4 is 5.32 Å². The zero-order valence-electron chi connectivity index (χ0n) is 12.2. The van der Waals surface area contributed by atoms with Gasteiger partial charge in [0.25, 0.3) is 0 Å². The van der Waals surface area contributed by atoms with Crippen molar-refractivity contribution >= 4 is 21.6 Å². The van der Waals surface area contributed by atoms with E-state index in [2.05, 4.69) is 43.4 Å². The quantitative estimate of drug-likeness (QED) is 0.916. The average molecular weight is 290 g/mol. The Morgan fingerprint density at radius 2 is 2.30 bits per heavy atom. The number of rotatable bonds is 5. The normalized spacial score (nSPS) is 24.3. The van der Waals surface area contributed by atoms with Crippen molar-refractivity contribution < 1.29 is 4.74 Å². The van der Waals surface area contributed by atoms with Crippen molar-refractivity contribution in [2.45, 2.75) is 44.8 Å². The van der Waals surface area contributed by atoms with Gasteiger partial charge in [0.05, 0.1) is 20.8 Å². The van der Waals surface area contributed by atoms with Crippen molar-refractivity contribution in [1.82, 2.24) is 10.3 Å². The predicted molar refractivity (Wildman–Crippen MR) is 84.4 cm³/mol. The molecule has 1 aromatic heterocycles. The Hall–Kier alpha value is -0.970. The van der Waals surface area contributed by atoms with Crippen LogP contribution >= 0.6 is 11.3 Å². The van der Waals surface area contributed by atoms with E-state index in [1.165, 1.54) is 9.71 Å². The molecule has 0 saturated carbocycles. The van der Waals surface area contributed by atoms with Crippen molar-refractivity contribution in [2.75, 3.05) is 13.2 Å². The Labute approximate surface area is 124 Å². The summed E-state index contributed by atoms with van der Waals surface area (Å²) >= 11 is 1.80. The number of nitrogens with one attached hydrogen (secondary N) is 1. The summed E-state index contributed by atoms with van der Waals surface area (Å²) in [5.74, 6) is 0. The van der Waals surface area contributed by atoms with E-state index >= 15 is 0 Å². The molecule has 1 N–H and O–H groups in total. The third-order valence-corrected chi connectivity index (χ3v) is 5.21. The standard InChI is InChI=1S/C16H22N2OS/c1-3-17-14(16(2)9-6-10-19-16)11-15-18-12-7-4-5-8-13(12)20-15/h4-5,7-8,14,17H,3,6,9-11H2,1-2H3. The molecule has 2 heterocycles. The first-order valence-electron chi connectivity index (χ1n) is 7.43. The minimum Gasteiger partial charge on any atom is -0.374 e. The van der Waals surface area contributed by atoms with Gasteiger partial charge in [-0.15, -0.1) is 11.3 Å². The highest BCUT2D eigenvalue weighted by Crippen LogP contribution is 2.32. The van der Waals surface area contributed by atoms with Gasteiger partial charge in [-0.05, 0) is 38.4 Å². The van der Waals surface area contributed by atoms with Gasteiger partial charge in [0.15, 0.2) is 0 Å². The molecule has 0 spiro atoms. The summed E-state index contributed by atoms with van der Waals surface area (Å²) in [5, 5.41) is 4.80. The summed E-state index contributed by atoms with van der Waals surface area (Å²) in [6, 6.07) is 8.70. The summed E-state index contributed by atoms with van der Waals surface area (Å²) in [7, 11) is 0. The maximum absolute atomic E-state index is 6.02. The molecule has 0 radical (unpaired) electrons. The lowest BCUT2D eigenvalue weighted by Crippen LogP contribution is -2.49. The molecule has 0 bridgehead atoms. The van der Waals surface area contributed by atoms with Crippen LogP contribution in [0.5, 0.6) is 0 Å². The topological polar surface area (TPSA) is 34.2 Å². The molecule has 3 rings (SSSR count). The first kappa shape index (κ1) is 14.0. The zero-order chi connectivity index (χ0) is 14.0. The first-order chi connectivity index (χ1) is 9.71. The van der Waals surface area contributed by atoms with E-state index in [4.69, 9.17) is 9.72 Å². The second kappa shape index (κ2) is 5.80. The number of benzene rings is 1. The lowest BCUT2D eigenvalue weighted by atomic mass is 9.91. The summed E-state index contributed by atoms with van der Waals surface area (Å²) in [5.41, 5.74) is 1.06. The highest BCUT2D eigenvalue weighted by molar-refractivity contribution is 7.18. The number of nitrogens with zero attached hydrogens (tertiary/aromatic N) is 1. The Bertz CT molecular complexity index is 542. The summed E-state index contributed by atoms with van der Waals surface area (Å²) in [6.45, 7) is 6.25. The minimum absolute atomic E-state index is 0.0478. The number of likely N-dealkylation sites (N-methyl/N-ethyl adjacent to an activating group) is 1. The molecule has 2 atom stereocenters. The van der Waals surface area contributed by atoms with Crippen LogP contribution in [0.4, 0.5) is 0 Å². The van der Waals surface area contributed by atoms with E-state index in [-0.39, 0.29) is 5.60 Å². The van der Waals surface area contributed by atoms with Crippen LogP contribution in [0.3, 0.4) is 0 Å².